The molecule has 0 aromatic heterocycles. The molecule has 1 aromatic rings. The third-order valence-electron chi connectivity index (χ3n) is 2.36. The average molecular weight is 395 g/mol. The minimum Gasteiger partial charge on any atom is -0.506 e. The van der Waals surface area contributed by atoms with Gasteiger partial charge in [-0.25, -0.2) is 4.79 Å². The molecule has 4 nitrogen and oxygen atoms in total. The second-order valence-electron chi connectivity index (χ2n) is 3.61. The van der Waals surface area contributed by atoms with Crippen LogP contribution in [0.25, 0.3) is 0 Å². The van der Waals surface area contributed by atoms with Crippen LogP contribution in [-0.4, -0.2) is 23.6 Å². The molecule has 0 fully saturated rings. The lowest BCUT2D eigenvalue weighted by atomic mass is 10.0. The molecule has 0 aliphatic heterocycles. The van der Waals surface area contributed by atoms with Crippen molar-refractivity contribution < 1.29 is 23.4 Å². The summed E-state index contributed by atoms with van der Waals surface area (Å²) in [5.74, 6) is -6.31. The maximum Gasteiger partial charge on any atom is 0.379 e. The lowest BCUT2D eigenvalue weighted by Crippen LogP contribution is -2.42. The second-order valence-corrected chi connectivity index (χ2v) is 4.87. The van der Waals surface area contributed by atoms with Crippen LogP contribution in [0.15, 0.2) is 16.6 Å². The Morgan fingerprint density at radius 2 is 2.15 bits per heavy atom. The Morgan fingerprint density at radius 1 is 1.60 bits per heavy atom. The van der Waals surface area contributed by atoms with Crippen molar-refractivity contribution in [2.75, 3.05) is 6.61 Å². The van der Waals surface area contributed by atoms with Crippen LogP contribution in [0.1, 0.15) is 18.5 Å². The molecule has 0 radical (unpaired) electrons. The maximum atomic E-state index is 13.8. The van der Waals surface area contributed by atoms with Crippen LogP contribution in [-0.2, 0) is 9.53 Å². The van der Waals surface area contributed by atoms with Gasteiger partial charge in [-0.05, 0) is 35.0 Å². The predicted molar refractivity (Wildman–Crippen MR) is 76.6 cm³/mol. The van der Waals surface area contributed by atoms with Gasteiger partial charge in [0.15, 0.2) is 0 Å². The van der Waals surface area contributed by atoms with E-state index in [1.165, 1.54) is 19.1 Å². The van der Waals surface area contributed by atoms with Crippen molar-refractivity contribution in [3.8, 4) is 5.75 Å². The number of aromatic hydroxyl groups is 1. The molecule has 9 heteroatoms. The smallest absolute Gasteiger partial charge is 0.379 e. The van der Waals surface area contributed by atoms with Crippen LogP contribution < -0.4 is 5.73 Å². The molecule has 0 spiro atoms. The van der Waals surface area contributed by atoms with Crippen LogP contribution in [0.4, 0.5) is 8.78 Å². The van der Waals surface area contributed by atoms with Gasteiger partial charge in [-0.1, -0.05) is 11.6 Å². The largest absolute Gasteiger partial charge is 0.506 e. The molecular formula is C11H12BrCl2F2NO3. The van der Waals surface area contributed by atoms with Crippen LogP contribution in [0, 0.1) is 0 Å². The summed E-state index contributed by atoms with van der Waals surface area (Å²) in [6, 6.07) is 0.537. The van der Waals surface area contributed by atoms with Gasteiger partial charge < -0.3 is 15.6 Å². The number of phenolic OH excluding ortho intramolecular Hbond substituents is 1. The van der Waals surface area contributed by atoms with E-state index in [1.807, 2.05) is 0 Å². The van der Waals surface area contributed by atoms with E-state index >= 15 is 0 Å². The summed E-state index contributed by atoms with van der Waals surface area (Å²) in [5.41, 5.74) is 4.94. The molecular weight excluding hydrogens is 383 g/mol. The van der Waals surface area contributed by atoms with E-state index < -0.39 is 29.2 Å². The fourth-order valence-electron chi connectivity index (χ4n) is 1.39. The number of rotatable bonds is 4. The highest BCUT2D eigenvalue weighted by Crippen LogP contribution is 2.42. The molecule has 0 saturated carbocycles. The van der Waals surface area contributed by atoms with Gasteiger partial charge in [0.2, 0.25) is 0 Å². The maximum absolute atomic E-state index is 13.8. The van der Waals surface area contributed by atoms with Crippen molar-refractivity contribution in [2.24, 2.45) is 5.73 Å². The number of hydrogen-bond donors (Lipinski definition) is 2. The first-order valence-corrected chi connectivity index (χ1v) is 6.38. The van der Waals surface area contributed by atoms with Crippen LogP contribution in [0.2, 0.25) is 5.02 Å². The Kier molecular flexibility index (Phi) is 7.17. The van der Waals surface area contributed by atoms with Gasteiger partial charge in [0.1, 0.15) is 11.8 Å². The van der Waals surface area contributed by atoms with E-state index in [1.54, 1.807) is 0 Å². The first-order chi connectivity index (χ1) is 8.73. The third-order valence-corrected chi connectivity index (χ3v) is 3.33. The molecule has 114 valence electrons. The number of esters is 1. The van der Waals surface area contributed by atoms with E-state index in [0.717, 1.165) is 0 Å². The van der Waals surface area contributed by atoms with Gasteiger partial charge in [0, 0.05) is 10.6 Å². The second kappa shape index (κ2) is 7.40. The SMILES string of the molecule is CCOC(=O)C(F)(F)[C@H](N)c1c(Cl)ccc(Br)c1O.Cl. The van der Waals surface area contributed by atoms with E-state index in [9.17, 15) is 18.7 Å². The molecule has 1 rings (SSSR count). The van der Waals surface area contributed by atoms with Gasteiger partial charge in [-0.15, -0.1) is 12.4 Å². The highest BCUT2D eigenvalue weighted by Gasteiger charge is 2.49. The topological polar surface area (TPSA) is 72.5 Å². The van der Waals surface area contributed by atoms with Crippen molar-refractivity contribution in [3.05, 3.63) is 27.2 Å². The minimum atomic E-state index is -4.00. The molecule has 0 heterocycles. The number of carbonyl (C=O) groups excluding carboxylic acids is 1. The Bertz CT molecular complexity index is 503. The van der Waals surface area contributed by atoms with Crippen molar-refractivity contribution in [3.63, 3.8) is 0 Å². The summed E-state index contributed by atoms with van der Waals surface area (Å²) >= 11 is 8.70. The van der Waals surface area contributed by atoms with E-state index in [2.05, 4.69) is 20.7 Å². The number of halogens is 5. The summed E-state index contributed by atoms with van der Waals surface area (Å²) in [5, 5.41) is 9.56. The first-order valence-electron chi connectivity index (χ1n) is 5.20. The normalized spacial score (nSPS) is 12.5. The van der Waals surface area contributed by atoms with Gasteiger partial charge in [0.25, 0.3) is 0 Å². The van der Waals surface area contributed by atoms with E-state index in [-0.39, 0.29) is 28.5 Å². The number of ether oxygens (including phenoxy) is 1. The van der Waals surface area contributed by atoms with Gasteiger partial charge in [-0.2, -0.15) is 8.78 Å². The zero-order valence-corrected chi connectivity index (χ0v) is 13.4. The molecule has 3 N–H and O–H groups in total. The zero-order valence-electron chi connectivity index (χ0n) is 10.2. The van der Waals surface area contributed by atoms with Crippen molar-refractivity contribution >= 4 is 45.9 Å². The monoisotopic (exact) mass is 393 g/mol. The van der Waals surface area contributed by atoms with Crippen LogP contribution >= 0.6 is 39.9 Å². The number of phenols is 1. The molecule has 0 saturated heterocycles. The lowest BCUT2D eigenvalue weighted by Gasteiger charge is -2.23. The summed E-state index contributed by atoms with van der Waals surface area (Å²) < 4.78 is 32.0. The summed E-state index contributed by atoms with van der Waals surface area (Å²) in [6.07, 6.45) is 0. The molecule has 1 atom stereocenters. The standard InChI is InChI=1S/C11H11BrClF2NO3.ClH/c1-2-19-10(18)11(14,15)9(16)7-6(13)4-3-5(12)8(7)17;/h3-4,9,17H,2,16H2,1H3;1H/t9-;/m1./s1. The Labute approximate surface area is 133 Å². The molecule has 0 bridgehead atoms. The number of hydrogen-bond acceptors (Lipinski definition) is 4. The minimum absolute atomic E-state index is 0. The summed E-state index contributed by atoms with van der Waals surface area (Å²) in [6.45, 7) is 1.18. The molecule has 20 heavy (non-hydrogen) atoms. The Morgan fingerprint density at radius 3 is 2.65 bits per heavy atom. The fourth-order valence-corrected chi connectivity index (χ4v) is 2.00. The quantitative estimate of drug-likeness (QED) is 0.767. The van der Waals surface area contributed by atoms with Crippen LogP contribution in [0.3, 0.4) is 0 Å². The van der Waals surface area contributed by atoms with Crippen molar-refractivity contribution in [1.29, 1.82) is 0 Å². The number of alkyl halides is 2. The van der Waals surface area contributed by atoms with E-state index in [4.69, 9.17) is 17.3 Å². The summed E-state index contributed by atoms with van der Waals surface area (Å²) in [7, 11) is 0. The Hall–Kier alpha value is -0.630. The molecule has 1 aromatic carbocycles. The van der Waals surface area contributed by atoms with Gasteiger partial charge in [0.05, 0.1) is 11.1 Å². The molecule has 0 unspecified atom stereocenters. The molecule has 0 aliphatic rings. The van der Waals surface area contributed by atoms with Crippen molar-refractivity contribution in [2.45, 2.75) is 18.9 Å². The number of carbonyl (C=O) groups is 1. The molecule has 0 aliphatic carbocycles. The van der Waals surface area contributed by atoms with Gasteiger partial charge >= 0.3 is 11.9 Å². The number of benzene rings is 1. The number of nitrogens with two attached hydrogens (primary N) is 1. The lowest BCUT2D eigenvalue weighted by molar-refractivity contribution is -0.174. The van der Waals surface area contributed by atoms with Crippen LogP contribution in [0.5, 0.6) is 5.75 Å². The fraction of sp³-hybridized carbons (Fsp3) is 0.364. The highest BCUT2D eigenvalue weighted by atomic mass is 79.9. The Balaban J connectivity index is 0.00000361. The highest BCUT2D eigenvalue weighted by molar-refractivity contribution is 9.10. The van der Waals surface area contributed by atoms with E-state index in [0.29, 0.717) is 0 Å². The molecule has 0 amide bonds. The summed E-state index contributed by atoms with van der Waals surface area (Å²) in [4.78, 5) is 11.2. The zero-order chi connectivity index (χ0) is 14.8. The van der Waals surface area contributed by atoms with Crippen molar-refractivity contribution in [1.82, 2.24) is 0 Å². The third kappa shape index (κ3) is 3.72. The van der Waals surface area contributed by atoms with Gasteiger partial charge in [-0.3, -0.25) is 0 Å². The first kappa shape index (κ1) is 19.4. The average Bonchev–Trinajstić information content (AvgIpc) is 2.34. The predicted octanol–water partition coefficient (Wildman–Crippen LogP) is 3.43.